The van der Waals surface area contributed by atoms with Crippen molar-refractivity contribution in [3.8, 4) is 0 Å². The Bertz CT molecular complexity index is 608. The minimum Gasteiger partial charge on any atom is -0.465 e. The second-order valence-corrected chi connectivity index (χ2v) is 8.60. The molecule has 7 aliphatic rings. The molecular formula is C21H35BO6Pd-. The number of cyclic esters (lactones) is 2. The summed E-state index contributed by atoms with van der Waals surface area (Å²) in [5.41, 5.74) is 0. The van der Waals surface area contributed by atoms with Gasteiger partial charge in [-0.2, -0.15) is 0 Å². The predicted octanol–water partition coefficient (Wildman–Crippen LogP) is 1.96. The van der Waals surface area contributed by atoms with Crippen LogP contribution in [0.3, 0.4) is 0 Å². The van der Waals surface area contributed by atoms with Gasteiger partial charge in [-0.05, 0) is 43.4 Å². The molecule has 3 saturated heterocycles. The van der Waals surface area contributed by atoms with Crippen molar-refractivity contribution in [2.24, 2.45) is 47.3 Å². The van der Waals surface area contributed by atoms with Crippen LogP contribution in [0.1, 0.15) is 34.5 Å². The molecule has 4 aliphatic carbocycles. The normalized spacial score (nSPS) is 47.0. The summed E-state index contributed by atoms with van der Waals surface area (Å²) in [6, 6.07) is 0. The molecule has 7 rings (SSSR count). The Labute approximate surface area is 191 Å². The smallest absolute Gasteiger partial charge is 0.309 e. The van der Waals surface area contributed by atoms with E-state index in [1.165, 1.54) is 25.7 Å². The van der Waals surface area contributed by atoms with Crippen LogP contribution in [0, 0.1) is 54.8 Å². The van der Waals surface area contributed by atoms with Gasteiger partial charge >= 0.3 is 11.9 Å². The van der Waals surface area contributed by atoms with Crippen molar-refractivity contribution < 1.29 is 50.8 Å². The van der Waals surface area contributed by atoms with Crippen LogP contribution in [-0.4, -0.2) is 58.0 Å². The molecule has 10 unspecified atom stereocenters. The number of carbonyl (C=O) groups is 2. The SMILES string of the molecule is C.CO.O=C1OCC2C3CC(C4OC34)C12.O=C1OCC2C3CCC(C3)C12.[B].[CH3-].[HH].[Pd]. The van der Waals surface area contributed by atoms with Gasteiger partial charge in [0.25, 0.3) is 0 Å². The standard InChI is InChI=1S/C9H10O3.C9H12O2.CH4O.CH4.CH3.B.Pd.H2/c10-9-6-4-1-3(5(6)2-11-9)7-8(4)12-7;10-9-8-6-2-1-5(3-6)7(8)4-11-9;1-2;;;;;/h3-8H,1-2H2;5-8H,1-4H2;2H,1H3;1H4;1H3;;;1H/q;;;;-1;;;. The first-order chi connectivity index (χ1) is 12.2. The molecule has 29 heavy (non-hydrogen) atoms. The number of epoxide rings is 1. The summed E-state index contributed by atoms with van der Waals surface area (Å²) in [4.78, 5) is 22.6. The van der Waals surface area contributed by atoms with Gasteiger partial charge in [0.15, 0.2) is 0 Å². The number of aliphatic hydroxyl groups is 1. The molecule has 3 heterocycles. The molecule has 0 aromatic heterocycles. The zero-order valence-corrected chi connectivity index (χ0v) is 18.0. The Kier molecular flexibility index (Phi) is 9.00. The first kappa shape index (κ1) is 26.6. The topological polar surface area (TPSA) is 85.4 Å². The Morgan fingerprint density at radius 1 is 0.828 bits per heavy atom. The van der Waals surface area contributed by atoms with Crippen LogP contribution in [0.15, 0.2) is 0 Å². The fourth-order valence-electron chi connectivity index (χ4n) is 6.90. The molecule has 0 amide bonds. The van der Waals surface area contributed by atoms with Gasteiger partial charge in [-0.1, -0.05) is 7.43 Å². The third-order valence-electron chi connectivity index (χ3n) is 7.89. The summed E-state index contributed by atoms with van der Waals surface area (Å²) in [6.45, 7) is 1.39. The van der Waals surface area contributed by atoms with E-state index in [0.29, 0.717) is 54.3 Å². The van der Waals surface area contributed by atoms with E-state index in [0.717, 1.165) is 19.6 Å². The van der Waals surface area contributed by atoms with E-state index in [-0.39, 0.29) is 63.0 Å². The number of fused-ring (bicyclic) bond motifs is 13. The molecule has 10 atom stereocenters. The quantitative estimate of drug-likeness (QED) is 0.237. The number of carbonyl (C=O) groups excluding carboxylic acids is 2. The van der Waals surface area contributed by atoms with Gasteiger partial charge in [0.2, 0.25) is 0 Å². The van der Waals surface area contributed by atoms with Crippen molar-refractivity contribution in [1.29, 1.82) is 0 Å². The van der Waals surface area contributed by atoms with E-state index < -0.39 is 0 Å². The van der Waals surface area contributed by atoms with Crippen LogP contribution in [0.5, 0.6) is 0 Å². The van der Waals surface area contributed by atoms with Gasteiger partial charge in [0.05, 0.1) is 37.3 Å². The molecule has 7 fully saturated rings. The monoisotopic (exact) mass is 500 g/mol. The van der Waals surface area contributed by atoms with E-state index in [1.807, 2.05) is 0 Å². The fourth-order valence-corrected chi connectivity index (χ4v) is 6.90. The number of hydrogen-bond donors (Lipinski definition) is 1. The first-order valence-electron chi connectivity index (χ1n) is 9.66. The molecule has 4 bridgehead atoms. The third kappa shape index (κ3) is 3.84. The zero-order chi connectivity index (χ0) is 17.3. The molecule has 1 N–H and O–H groups in total. The summed E-state index contributed by atoms with van der Waals surface area (Å²) < 4.78 is 15.7. The Morgan fingerprint density at radius 3 is 2.03 bits per heavy atom. The molecule has 169 valence electrons. The number of hydrogen-bond acceptors (Lipinski definition) is 6. The average Bonchev–Trinajstić information content (AvgIpc) is 3.20. The van der Waals surface area contributed by atoms with E-state index in [4.69, 9.17) is 19.3 Å². The number of aliphatic hydroxyl groups excluding tert-OH is 1. The summed E-state index contributed by atoms with van der Waals surface area (Å²) >= 11 is 0. The van der Waals surface area contributed by atoms with Crippen molar-refractivity contribution in [2.75, 3.05) is 20.3 Å². The van der Waals surface area contributed by atoms with Crippen LogP contribution in [0.4, 0.5) is 0 Å². The van der Waals surface area contributed by atoms with Crippen molar-refractivity contribution in [3.63, 3.8) is 0 Å². The van der Waals surface area contributed by atoms with Gasteiger partial charge in [-0.15, -0.1) is 0 Å². The molecule has 8 heteroatoms. The summed E-state index contributed by atoms with van der Waals surface area (Å²) in [5, 5.41) is 7.00. The molecule has 4 saturated carbocycles. The van der Waals surface area contributed by atoms with Crippen molar-refractivity contribution >= 4 is 20.4 Å². The zero-order valence-electron chi connectivity index (χ0n) is 16.4. The summed E-state index contributed by atoms with van der Waals surface area (Å²) in [7, 11) is 1.00. The Balaban J connectivity index is 0.000000450. The van der Waals surface area contributed by atoms with Crippen LogP contribution in [-0.2, 0) is 44.2 Å². The molecule has 0 aromatic carbocycles. The van der Waals surface area contributed by atoms with Gasteiger partial charge in [0.1, 0.15) is 0 Å². The predicted molar refractivity (Wildman–Crippen MR) is 106 cm³/mol. The minimum absolute atomic E-state index is 0. The maximum Gasteiger partial charge on any atom is 0.309 e. The molecule has 3 aliphatic heterocycles. The number of rotatable bonds is 0. The molecular weight excluding hydrogens is 465 g/mol. The molecule has 3 radical (unpaired) electrons. The van der Waals surface area contributed by atoms with Gasteiger partial charge in [-0.3, -0.25) is 9.59 Å². The summed E-state index contributed by atoms with van der Waals surface area (Å²) in [6.07, 6.45) is 6.10. The van der Waals surface area contributed by atoms with E-state index in [2.05, 4.69) is 0 Å². The molecule has 0 aromatic rings. The van der Waals surface area contributed by atoms with Crippen LogP contribution >= 0.6 is 0 Å². The van der Waals surface area contributed by atoms with Crippen molar-refractivity contribution in [2.45, 2.75) is 45.3 Å². The number of esters is 2. The maximum absolute atomic E-state index is 11.3. The maximum atomic E-state index is 11.3. The Morgan fingerprint density at radius 2 is 1.38 bits per heavy atom. The van der Waals surface area contributed by atoms with Crippen LogP contribution in [0.2, 0.25) is 0 Å². The largest absolute Gasteiger partial charge is 0.465 e. The molecule has 0 spiro atoms. The third-order valence-corrected chi connectivity index (χ3v) is 7.89. The van der Waals surface area contributed by atoms with E-state index in [1.54, 1.807) is 0 Å². The van der Waals surface area contributed by atoms with Crippen molar-refractivity contribution in [1.82, 2.24) is 0 Å². The summed E-state index contributed by atoms with van der Waals surface area (Å²) in [5.74, 6) is 4.47. The second-order valence-electron chi connectivity index (χ2n) is 8.60. The van der Waals surface area contributed by atoms with Gasteiger partial charge in [0, 0.05) is 55.1 Å². The molecule has 6 nitrogen and oxygen atoms in total. The van der Waals surface area contributed by atoms with Gasteiger partial charge in [-0.25, -0.2) is 0 Å². The second kappa shape index (κ2) is 9.81. The average molecular weight is 501 g/mol. The first-order valence-corrected chi connectivity index (χ1v) is 9.66. The Hall–Kier alpha value is -0.413. The van der Waals surface area contributed by atoms with Crippen LogP contribution in [0.25, 0.3) is 0 Å². The number of ether oxygens (including phenoxy) is 3. The van der Waals surface area contributed by atoms with Gasteiger partial charge < -0.3 is 26.7 Å². The fraction of sp³-hybridized carbons (Fsp3) is 0.857. The van der Waals surface area contributed by atoms with E-state index in [9.17, 15) is 9.59 Å². The minimum atomic E-state index is 0. The van der Waals surface area contributed by atoms with E-state index >= 15 is 0 Å². The van der Waals surface area contributed by atoms with Crippen LogP contribution < -0.4 is 0 Å². The van der Waals surface area contributed by atoms with Crippen molar-refractivity contribution in [3.05, 3.63) is 7.43 Å².